The van der Waals surface area contributed by atoms with Gasteiger partial charge in [0.15, 0.2) is 0 Å². The van der Waals surface area contributed by atoms with E-state index in [0.717, 1.165) is 6.42 Å². The van der Waals surface area contributed by atoms with E-state index in [1.807, 2.05) is 6.92 Å². The van der Waals surface area contributed by atoms with Crippen molar-refractivity contribution < 1.29 is 13.5 Å². The molecule has 1 aromatic rings. The summed E-state index contributed by atoms with van der Waals surface area (Å²) >= 11 is 0. The summed E-state index contributed by atoms with van der Waals surface area (Å²) in [5.74, 6) is 0. The van der Waals surface area contributed by atoms with Gasteiger partial charge >= 0.3 is 0 Å². The molecule has 0 saturated heterocycles. The third-order valence-electron chi connectivity index (χ3n) is 2.50. The van der Waals surface area contributed by atoms with Gasteiger partial charge in [-0.2, -0.15) is 0 Å². The zero-order valence-corrected chi connectivity index (χ0v) is 11.1. The molecule has 0 fully saturated rings. The van der Waals surface area contributed by atoms with Gasteiger partial charge in [0.05, 0.1) is 22.4 Å². The average Bonchev–Trinajstić information content (AvgIpc) is 2.26. The maximum Gasteiger partial charge on any atom is 0.238 e. The maximum atomic E-state index is 11.2. The van der Waals surface area contributed by atoms with Gasteiger partial charge in [-0.1, -0.05) is 13.3 Å². The van der Waals surface area contributed by atoms with E-state index in [1.54, 1.807) is 0 Å². The van der Waals surface area contributed by atoms with Crippen LogP contribution in [0.15, 0.2) is 23.1 Å². The van der Waals surface area contributed by atoms with E-state index in [1.165, 1.54) is 18.2 Å². The van der Waals surface area contributed by atoms with Crippen LogP contribution in [-0.4, -0.2) is 26.2 Å². The first kappa shape index (κ1) is 14.7. The summed E-state index contributed by atoms with van der Waals surface area (Å²) in [6, 6.07) is 4.18. The van der Waals surface area contributed by atoms with Crippen LogP contribution in [0.5, 0.6) is 0 Å². The summed E-state index contributed by atoms with van der Waals surface area (Å²) in [4.78, 5) is -0.0100. The van der Waals surface area contributed by atoms with Crippen LogP contribution in [0.2, 0.25) is 0 Å². The van der Waals surface area contributed by atoms with E-state index in [-0.39, 0.29) is 4.90 Å². The van der Waals surface area contributed by atoms with E-state index in [0.29, 0.717) is 24.3 Å². The number of sulfonamides is 1. The minimum absolute atomic E-state index is 0.0100. The number of nitrogen functional groups attached to an aromatic ring is 1. The van der Waals surface area contributed by atoms with Gasteiger partial charge in [0.2, 0.25) is 10.0 Å². The zero-order valence-electron chi connectivity index (χ0n) is 10.3. The molecule has 6 nitrogen and oxygen atoms in total. The summed E-state index contributed by atoms with van der Waals surface area (Å²) in [5.41, 5.74) is 6.58. The normalized spacial score (nSPS) is 13.3. The van der Waals surface area contributed by atoms with Crippen LogP contribution >= 0.6 is 0 Å². The molecule has 0 aromatic heterocycles. The Labute approximate surface area is 107 Å². The Kier molecular flexibility index (Phi) is 4.94. The van der Waals surface area contributed by atoms with Crippen LogP contribution in [0, 0.1) is 0 Å². The molecule has 1 atom stereocenters. The second-order valence-electron chi connectivity index (χ2n) is 4.12. The van der Waals surface area contributed by atoms with E-state index < -0.39 is 16.1 Å². The molecule has 0 spiro atoms. The fraction of sp³-hybridized carbons (Fsp3) is 0.455. The summed E-state index contributed by atoms with van der Waals surface area (Å²) in [7, 11) is -3.75. The first-order chi connectivity index (χ1) is 8.34. The fourth-order valence-corrected chi connectivity index (χ4v) is 2.07. The first-order valence-corrected chi connectivity index (χ1v) is 7.23. The number of rotatable bonds is 6. The van der Waals surface area contributed by atoms with Crippen molar-refractivity contribution in [1.29, 1.82) is 0 Å². The number of primary sulfonamides is 1. The fourth-order valence-electron chi connectivity index (χ4n) is 1.53. The largest absolute Gasteiger partial charge is 0.397 e. The van der Waals surface area contributed by atoms with Crippen LogP contribution in [0.4, 0.5) is 11.4 Å². The molecule has 0 saturated carbocycles. The Bertz CT molecular complexity index is 502. The molecule has 1 unspecified atom stereocenters. The lowest BCUT2D eigenvalue weighted by molar-refractivity contribution is 0.176. The van der Waals surface area contributed by atoms with Gasteiger partial charge in [0, 0.05) is 6.54 Å². The first-order valence-electron chi connectivity index (χ1n) is 5.69. The number of hydrogen-bond acceptors (Lipinski definition) is 5. The molecule has 0 heterocycles. The lowest BCUT2D eigenvalue weighted by Crippen LogP contribution is -2.20. The quantitative estimate of drug-likeness (QED) is 0.562. The highest BCUT2D eigenvalue weighted by Crippen LogP contribution is 2.22. The lowest BCUT2D eigenvalue weighted by atomic mass is 10.2. The maximum absolute atomic E-state index is 11.2. The Morgan fingerprint density at radius 1 is 1.44 bits per heavy atom. The number of benzene rings is 1. The molecule has 0 aliphatic rings. The molecule has 1 rings (SSSR count). The van der Waals surface area contributed by atoms with Crippen LogP contribution in [0.25, 0.3) is 0 Å². The monoisotopic (exact) mass is 273 g/mol. The molecule has 18 heavy (non-hydrogen) atoms. The average molecular weight is 273 g/mol. The Hall–Kier alpha value is -1.31. The molecule has 102 valence electrons. The Balaban J connectivity index is 2.82. The van der Waals surface area contributed by atoms with Gasteiger partial charge in [-0.15, -0.1) is 0 Å². The molecule has 7 heteroatoms. The van der Waals surface area contributed by atoms with E-state index in [2.05, 4.69) is 5.32 Å². The van der Waals surface area contributed by atoms with Crippen molar-refractivity contribution in [2.75, 3.05) is 17.6 Å². The third-order valence-corrected chi connectivity index (χ3v) is 3.41. The molecule has 0 amide bonds. The molecule has 6 N–H and O–H groups in total. The standard InChI is InChI=1S/C11H19N3O3S/c1-2-3-8(15)7-14-11-6-9(18(13,16)17)4-5-10(11)12/h4-6,8,14-15H,2-3,7,12H2,1H3,(H2,13,16,17). The topological polar surface area (TPSA) is 118 Å². The van der Waals surface area contributed by atoms with E-state index >= 15 is 0 Å². The predicted molar refractivity (Wildman–Crippen MR) is 71.6 cm³/mol. The molecule has 0 aliphatic carbocycles. The predicted octanol–water partition coefficient (Wildman–Crippen LogP) is 0.489. The number of anilines is 2. The SMILES string of the molecule is CCCC(O)CNc1cc(S(N)(=O)=O)ccc1N. The number of aliphatic hydroxyl groups is 1. The van der Waals surface area contributed by atoms with Gasteiger partial charge < -0.3 is 16.2 Å². The van der Waals surface area contributed by atoms with Crippen molar-refractivity contribution in [2.45, 2.75) is 30.8 Å². The van der Waals surface area contributed by atoms with Crippen molar-refractivity contribution in [3.05, 3.63) is 18.2 Å². The highest BCUT2D eigenvalue weighted by molar-refractivity contribution is 7.89. The van der Waals surface area contributed by atoms with Crippen LogP contribution in [0.1, 0.15) is 19.8 Å². The van der Waals surface area contributed by atoms with Crippen molar-refractivity contribution in [1.82, 2.24) is 0 Å². The highest BCUT2D eigenvalue weighted by atomic mass is 32.2. The Morgan fingerprint density at radius 3 is 2.67 bits per heavy atom. The van der Waals surface area contributed by atoms with Crippen molar-refractivity contribution >= 4 is 21.4 Å². The minimum Gasteiger partial charge on any atom is -0.397 e. The van der Waals surface area contributed by atoms with E-state index in [4.69, 9.17) is 10.9 Å². The summed E-state index contributed by atoms with van der Waals surface area (Å²) in [6.07, 6.45) is 1.05. The van der Waals surface area contributed by atoms with Gasteiger partial charge in [-0.3, -0.25) is 0 Å². The van der Waals surface area contributed by atoms with Gasteiger partial charge in [-0.25, -0.2) is 13.6 Å². The number of nitrogens with one attached hydrogen (secondary N) is 1. The Morgan fingerprint density at radius 2 is 2.11 bits per heavy atom. The molecular formula is C11H19N3O3S. The molecule has 0 bridgehead atoms. The van der Waals surface area contributed by atoms with E-state index in [9.17, 15) is 13.5 Å². The summed E-state index contributed by atoms with van der Waals surface area (Å²) in [6.45, 7) is 2.28. The smallest absolute Gasteiger partial charge is 0.238 e. The molecule has 1 aromatic carbocycles. The van der Waals surface area contributed by atoms with Crippen LogP contribution in [-0.2, 0) is 10.0 Å². The zero-order chi connectivity index (χ0) is 13.8. The van der Waals surface area contributed by atoms with Crippen LogP contribution < -0.4 is 16.2 Å². The summed E-state index contributed by atoms with van der Waals surface area (Å²) in [5, 5.41) is 17.5. The van der Waals surface area contributed by atoms with Gasteiger partial charge in [0.1, 0.15) is 0 Å². The second kappa shape index (κ2) is 6.03. The molecular weight excluding hydrogens is 254 g/mol. The number of hydrogen-bond donors (Lipinski definition) is 4. The van der Waals surface area contributed by atoms with Crippen molar-refractivity contribution in [3.8, 4) is 0 Å². The van der Waals surface area contributed by atoms with Crippen molar-refractivity contribution in [2.24, 2.45) is 5.14 Å². The highest BCUT2D eigenvalue weighted by Gasteiger charge is 2.11. The van der Waals surface area contributed by atoms with Gasteiger partial charge in [0.25, 0.3) is 0 Å². The minimum atomic E-state index is -3.75. The third kappa shape index (κ3) is 4.17. The molecule has 0 radical (unpaired) electrons. The van der Waals surface area contributed by atoms with Crippen molar-refractivity contribution in [3.63, 3.8) is 0 Å². The number of nitrogens with two attached hydrogens (primary N) is 2. The molecule has 0 aliphatic heterocycles. The summed E-state index contributed by atoms with van der Waals surface area (Å²) < 4.78 is 22.4. The number of aliphatic hydroxyl groups excluding tert-OH is 1. The second-order valence-corrected chi connectivity index (χ2v) is 5.68. The van der Waals surface area contributed by atoms with Crippen LogP contribution in [0.3, 0.4) is 0 Å². The lowest BCUT2D eigenvalue weighted by Gasteiger charge is -2.14. The van der Waals surface area contributed by atoms with Gasteiger partial charge in [-0.05, 0) is 24.6 Å².